The van der Waals surface area contributed by atoms with Gasteiger partial charge in [-0.15, -0.1) is 10.2 Å². The maximum absolute atomic E-state index is 13.2. The van der Waals surface area contributed by atoms with E-state index >= 15 is 0 Å². The molecular weight excluding hydrogens is 431 g/mol. The van der Waals surface area contributed by atoms with Gasteiger partial charge < -0.3 is 10.1 Å². The van der Waals surface area contributed by atoms with E-state index in [4.69, 9.17) is 4.74 Å². The number of amides is 1. The molecule has 1 heterocycles. The van der Waals surface area contributed by atoms with Crippen LogP contribution in [0.25, 0.3) is 16.7 Å². The van der Waals surface area contributed by atoms with Crippen LogP contribution in [0.2, 0.25) is 0 Å². The molecule has 0 bridgehead atoms. The first-order valence-electron chi connectivity index (χ1n) is 10.8. The monoisotopic (exact) mass is 452 g/mol. The highest BCUT2D eigenvalue weighted by atomic mass is 19.1. The Morgan fingerprint density at radius 3 is 2.41 bits per heavy atom. The van der Waals surface area contributed by atoms with Crippen molar-refractivity contribution in [1.82, 2.24) is 15.0 Å². The van der Waals surface area contributed by atoms with Crippen molar-refractivity contribution in [3.8, 4) is 11.4 Å². The molecule has 6 nitrogen and oxygen atoms in total. The predicted molar refractivity (Wildman–Crippen MR) is 129 cm³/mol. The van der Waals surface area contributed by atoms with Gasteiger partial charge in [0.1, 0.15) is 29.2 Å². The average molecular weight is 452 g/mol. The summed E-state index contributed by atoms with van der Waals surface area (Å²) < 4.78 is 19.1. The van der Waals surface area contributed by atoms with Crippen LogP contribution < -0.4 is 10.1 Å². The molecule has 0 aliphatic carbocycles. The predicted octanol–water partition coefficient (Wildman–Crippen LogP) is 5.70. The van der Waals surface area contributed by atoms with Gasteiger partial charge in [-0.25, -0.2) is 4.39 Å². The third-order valence-corrected chi connectivity index (χ3v) is 5.38. The normalized spacial score (nSPS) is 10.9. The Kier molecular flexibility index (Phi) is 5.74. The zero-order chi connectivity index (χ0) is 23.5. The molecule has 0 radical (unpaired) electrons. The second-order valence-electron chi connectivity index (χ2n) is 7.88. The van der Waals surface area contributed by atoms with Gasteiger partial charge in [0.05, 0.1) is 5.69 Å². The Hall–Kier alpha value is -4.52. The van der Waals surface area contributed by atoms with Gasteiger partial charge in [0.25, 0.3) is 5.91 Å². The van der Waals surface area contributed by atoms with E-state index in [1.165, 1.54) is 16.9 Å². The number of carbonyl (C=O) groups excluding carboxylic acids is 1. The fourth-order valence-electron chi connectivity index (χ4n) is 3.55. The number of ether oxygens (including phenoxy) is 1. The summed E-state index contributed by atoms with van der Waals surface area (Å²) in [4.78, 5) is 14.4. The van der Waals surface area contributed by atoms with Crippen molar-refractivity contribution in [3.63, 3.8) is 0 Å². The van der Waals surface area contributed by atoms with Crippen LogP contribution in [0.4, 0.5) is 10.1 Å². The number of aromatic nitrogens is 3. The molecule has 0 spiro atoms. The number of anilines is 1. The molecule has 0 saturated heterocycles. The summed E-state index contributed by atoms with van der Waals surface area (Å²) in [6, 6.07) is 26.5. The molecule has 0 saturated carbocycles. The molecule has 34 heavy (non-hydrogen) atoms. The largest absolute Gasteiger partial charge is 0.489 e. The Morgan fingerprint density at radius 1 is 0.912 bits per heavy atom. The lowest BCUT2D eigenvalue weighted by molar-refractivity contribution is 0.102. The van der Waals surface area contributed by atoms with Gasteiger partial charge >= 0.3 is 0 Å². The van der Waals surface area contributed by atoms with E-state index in [0.29, 0.717) is 40.3 Å². The molecule has 0 fully saturated rings. The first kappa shape index (κ1) is 21.3. The minimum Gasteiger partial charge on any atom is -0.489 e. The van der Waals surface area contributed by atoms with Gasteiger partial charge in [-0.3, -0.25) is 4.79 Å². The maximum atomic E-state index is 13.2. The standard InChI is InChI=1S/C27H21FN4O2/c1-18-14-25-26(31-32(30-25)22-12-10-21(28)11-13-22)16-24(18)29-27(33)20-8-5-9-23(15-20)34-17-19-6-3-2-4-7-19/h2-16H,17H2,1H3,(H,29,33). The molecule has 0 unspecified atom stereocenters. The van der Waals surface area contributed by atoms with Crippen molar-refractivity contribution in [1.29, 1.82) is 0 Å². The highest BCUT2D eigenvalue weighted by molar-refractivity contribution is 6.05. The van der Waals surface area contributed by atoms with E-state index in [1.54, 1.807) is 36.4 Å². The van der Waals surface area contributed by atoms with Gasteiger partial charge in [0.2, 0.25) is 0 Å². The summed E-state index contributed by atoms with van der Waals surface area (Å²) in [7, 11) is 0. The van der Waals surface area contributed by atoms with E-state index in [2.05, 4.69) is 15.5 Å². The lowest BCUT2D eigenvalue weighted by atomic mass is 10.1. The topological polar surface area (TPSA) is 69.0 Å². The number of fused-ring (bicyclic) bond motifs is 1. The molecule has 1 amide bonds. The van der Waals surface area contributed by atoms with E-state index in [1.807, 2.05) is 49.4 Å². The second kappa shape index (κ2) is 9.15. The third kappa shape index (κ3) is 4.63. The summed E-state index contributed by atoms with van der Waals surface area (Å²) in [5.74, 6) is 0.0419. The van der Waals surface area contributed by atoms with Gasteiger partial charge in [-0.1, -0.05) is 36.4 Å². The minimum absolute atomic E-state index is 0.251. The van der Waals surface area contributed by atoms with Crippen LogP contribution >= 0.6 is 0 Å². The third-order valence-electron chi connectivity index (χ3n) is 5.38. The summed E-state index contributed by atoms with van der Waals surface area (Å²) in [5, 5.41) is 11.9. The van der Waals surface area contributed by atoms with Crippen molar-refractivity contribution < 1.29 is 13.9 Å². The summed E-state index contributed by atoms with van der Waals surface area (Å²) in [5.41, 5.74) is 4.97. The highest BCUT2D eigenvalue weighted by Crippen LogP contribution is 2.24. The van der Waals surface area contributed by atoms with Gasteiger partial charge in [-0.05, 0) is 72.6 Å². The molecule has 5 aromatic rings. The Morgan fingerprint density at radius 2 is 1.65 bits per heavy atom. The van der Waals surface area contributed by atoms with Crippen LogP contribution in [-0.4, -0.2) is 20.9 Å². The Labute approximate surface area is 195 Å². The zero-order valence-corrected chi connectivity index (χ0v) is 18.4. The number of nitrogens with zero attached hydrogens (tertiary/aromatic N) is 3. The van der Waals surface area contributed by atoms with Crippen LogP contribution in [0.15, 0.2) is 91.0 Å². The molecule has 0 atom stereocenters. The second-order valence-corrected chi connectivity index (χ2v) is 7.88. The molecule has 5 rings (SSSR count). The number of aryl methyl sites for hydroxylation is 1. The van der Waals surface area contributed by atoms with Gasteiger partial charge in [0.15, 0.2) is 0 Å². The summed E-state index contributed by atoms with van der Waals surface area (Å²) >= 11 is 0. The molecule has 7 heteroatoms. The molecule has 4 aromatic carbocycles. The van der Waals surface area contributed by atoms with Crippen LogP contribution in [-0.2, 0) is 6.61 Å². The number of carbonyl (C=O) groups is 1. The fourth-order valence-corrected chi connectivity index (χ4v) is 3.55. The average Bonchev–Trinajstić information content (AvgIpc) is 3.27. The number of rotatable bonds is 6. The van der Waals surface area contributed by atoms with Crippen LogP contribution in [0.1, 0.15) is 21.5 Å². The first-order chi connectivity index (χ1) is 16.5. The van der Waals surface area contributed by atoms with Crippen molar-refractivity contribution in [2.45, 2.75) is 13.5 Å². The van der Waals surface area contributed by atoms with Crippen LogP contribution in [0.3, 0.4) is 0 Å². The van der Waals surface area contributed by atoms with E-state index in [-0.39, 0.29) is 11.7 Å². The smallest absolute Gasteiger partial charge is 0.255 e. The molecule has 0 aliphatic heterocycles. The maximum Gasteiger partial charge on any atom is 0.255 e. The number of halogens is 1. The minimum atomic E-state index is -0.323. The number of nitrogens with one attached hydrogen (secondary N) is 1. The van der Waals surface area contributed by atoms with Crippen LogP contribution in [0, 0.1) is 12.7 Å². The SMILES string of the molecule is Cc1cc2nn(-c3ccc(F)cc3)nc2cc1NC(=O)c1cccc(OCc2ccccc2)c1. The number of hydrogen-bond acceptors (Lipinski definition) is 4. The summed E-state index contributed by atoms with van der Waals surface area (Å²) in [6.45, 7) is 2.32. The molecule has 1 aromatic heterocycles. The van der Waals surface area contributed by atoms with E-state index in [9.17, 15) is 9.18 Å². The van der Waals surface area contributed by atoms with Crippen molar-refractivity contribution >= 4 is 22.6 Å². The molecule has 1 N–H and O–H groups in total. The highest BCUT2D eigenvalue weighted by Gasteiger charge is 2.13. The van der Waals surface area contributed by atoms with Crippen molar-refractivity contribution in [2.24, 2.45) is 0 Å². The molecular formula is C27H21FN4O2. The molecule has 0 aliphatic rings. The fraction of sp³-hybridized carbons (Fsp3) is 0.0741. The molecule has 168 valence electrons. The van der Waals surface area contributed by atoms with E-state index in [0.717, 1.165) is 11.1 Å². The Balaban J connectivity index is 1.33. The number of hydrogen-bond donors (Lipinski definition) is 1. The van der Waals surface area contributed by atoms with Crippen LogP contribution in [0.5, 0.6) is 5.75 Å². The number of benzene rings is 4. The van der Waals surface area contributed by atoms with Crippen molar-refractivity contribution in [2.75, 3.05) is 5.32 Å². The lowest BCUT2D eigenvalue weighted by Crippen LogP contribution is -2.13. The summed E-state index contributed by atoms with van der Waals surface area (Å²) in [6.07, 6.45) is 0. The van der Waals surface area contributed by atoms with Gasteiger partial charge in [0, 0.05) is 11.3 Å². The Bertz CT molecular complexity index is 1460. The van der Waals surface area contributed by atoms with E-state index < -0.39 is 0 Å². The quantitative estimate of drug-likeness (QED) is 0.359. The van der Waals surface area contributed by atoms with Crippen molar-refractivity contribution in [3.05, 3.63) is 114 Å². The lowest BCUT2D eigenvalue weighted by Gasteiger charge is -2.10. The zero-order valence-electron chi connectivity index (χ0n) is 18.4. The first-order valence-corrected chi connectivity index (χ1v) is 10.8. The van der Waals surface area contributed by atoms with Gasteiger partial charge in [-0.2, -0.15) is 4.80 Å².